The van der Waals surface area contributed by atoms with Gasteiger partial charge in [-0.05, 0) is 26.0 Å². The number of carbonyl (C=O) groups excluding carboxylic acids is 2. The van der Waals surface area contributed by atoms with Gasteiger partial charge in [-0.2, -0.15) is 11.8 Å². The first-order valence-electron chi connectivity index (χ1n) is 7.26. The van der Waals surface area contributed by atoms with Gasteiger partial charge in [-0.1, -0.05) is 12.8 Å². The molecule has 1 saturated carbocycles. The summed E-state index contributed by atoms with van der Waals surface area (Å²) in [7, 11) is 0. The maximum atomic E-state index is 12.3. The molecule has 0 unspecified atom stereocenters. The van der Waals surface area contributed by atoms with Crippen molar-refractivity contribution in [2.45, 2.75) is 50.3 Å². The average Bonchev–Trinajstić information content (AvgIpc) is 2.80. The Hall–Kier alpha value is -0.710. The Bertz CT molecular complexity index is 348. The van der Waals surface area contributed by atoms with E-state index in [2.05, 4.69) is 11.6 Å². The van der Waals surface area contributed by atoms with Gasteiger partial charge >= 0.3 is 0 Å². The Labute approximate surface area is 119 Å². The van der Waals surface area contributed by atoms with Crippen LogP contribution in [-0.4, -0.2) is 47.4 Å². The van der Waals surface area contributed by atoms with Gasteiger partial charge in [0.05, 0.1) is 5.92 Å². The van der Waals surface area contributed by atoms with Crippen molar-refractivity contribution in [3.8, 4) is 0 Å². The average molecular weight is 284 g/mol. The standard InChI is InChI=1S/C14H24N2O2S/c1-3-16-9-10(8-13(16)17)14(18)15-11-6-4-5-7-12(11)19-2/h10-12H,3-9H2,1-2H3,(H,15,18)/t10-,11+,12+/m1/s1. The number of hydrogen-bond donors (Lipinski definition) is 1. The molecule has 0 aromatic heterocycles. The maximum absolute atomic E-state index is 12.3. The number of nitrogens with one attached hydrogen (secondary N) is 1. The minimum atomic E-state index is -0.142. The van der Waals surface area contributed by atoms with Gasteiger partial charge in [0.2, 0.25) is 11.8 Å². The molecule has 5 heteroatoms. The summed E-state index contributed by atoms with van der Waals surface area (Å²) in [6.45, 7) is 3.26. The first kappa shape index (κ1) is 14.7. The van der Waals surface area contributed by atoms with Gasteiger partial charge in [-0.25, -0.2) is 0 Å². The lowest BCUT2D eigenvalue weighted by Crippen LogP contribution is -2.46. The molecule has 4 nitrogen and oxygen atoms in total. The molecule has 0 aromatic rings. The van der Waals surface area contributed by atoms with Crippen molar-refractivity contribution in [2.24, 2.45) is 5.92 Å². The zero-order valence-electron chi connectivity index (χ0n) is 11.9. The molecule has 1 saturated heterocycles. The van der Waals surface area contributed by atoms with Crippen LogP contribution >= 0.6 is 11.8 Å². The fourth-order valence-corrected chi connectivity index (χ4v) is 4.03. The van der Waals surface area contributed by atoms with Crippen LogP contribution < -0.4 is 5.32 Å². The normalized spacial score (nSPS) is 31.6. The summed E-state index contributed by atoms with van der Waals surface area (Å²) in [5, 5.41) is 3.73. The Balaban J connectivity index is 1.88. The fraction of sp³-hybridized carbons (Fsp3) is 0.857. The van der Waals surface area contributed by atoms with Crippen molar-refractivity contribution in [3.63, 3.8) is 0 Å². The van der Waals surface area contributed by atoms with E-state index in [-0.39, 0.29) is 17.7 Å². The van der Waals surface area contributed by atoms with Crippen LogP contribution in [0.2, 0.25) is 0 Å². The molecule has 0 aromatic carbocycles. The zero-order chi connectivity index (χ0) is 13.8. The fourth-order valence-electron chi connectivity index (χ4n) is 3.10. The molecule has 1 aliphatic heterocycles. The monoisotopic (exact) mass is 284 g/mol. The number of likely N-dealkylation sites (tertiary alicyclic amines) is 1. The molecule has 0 spiro atoms. The van der Waals surface area contributed by atoms with E-state index in [1.165, 1.54) is 19.3 Å². The van der Waals surface area contributed by atoms with Crippen LogP contribution in [0.15, 0.2) is 0 Å². The predicted molar refractivity (Wildman–Crippen MR) is 78.1 cm³/mol. The van der Waals surface area contributed by atoms with E-state index in [4.69, 9.17) is 0 Å². The molecular formula is C14H24N2O2S. The summed E-state index contributed by atoms with van der Waals surface area (Å²) in [6, 6.07) is 0.294. The lowest BCUT2D eigenvalue weighted by Gasteiger charge is -2.31. The SMILES string of the molecule is CCN1C[C@H](C(=O)N[C@H]2CCCC[C@@H]2SC)CC1=O. The van der Waals surface area contributed by atoms with Crippen LogP contribution in [0.25, 0.3) is 0 Å². The van der Waals surface area contributed by atoms with Gasteiger partial charge in [0.15, 0.2) is 0 Å². The first-order valence-corrected chi connectivity index (χ1v) is 8.55. The molecule has 3 atom stereocenters. The van der Waals surface area contributed by atoms with Crippen LogP contribution in [0.3, 0.4) is 0 Å². The third kappa shape index (κ3) is 3.44. The predicted octanol–water partition coefficient (Wildman–Crippen LogP) is 1.65. The lowest BCUT2D eigenvalue weighted by atomic mass is 9.94. The maximum Gasteiger partial charge on any atom is 0.225 e. The topological polar surface area (TPSA) is 49.4 Å². The molecule has 1 heterocycles. The van der Waals surface area contributed by atoms with Crippen LogP contribution in [0.5, 0.6) is 0 Å². The van der Waals surface area contributed by atoms with Crippen LogP contribution in [-0.2, 0) is 9.59 Å². The summed E-state index contributed by atoms with van der Waals surface area (Å²) < 4.78 is 0. The highest BCUT2D eigenvalue weighted by molar-refractivity contribution is 7.99. The van der Waals surface area contributed by atoms with Crippen molar-refractivity contribution >= 4 is 23.6 Å². The molecule has 1 N–H and O–H groups in total. The Kier molecular flexibility index (Phi) is 5.13. The molecule has 19 heavy (non-hydrogen) atoms. The minimum absolute atomic E-state index is 0.0789. The summed E-state index contributed by atoms with van der Waals surface area (Å²) in [4.78, 5) is 25.7. The second-order valence-electron chi connectivity index (χ2n) is 5.51. The summed E-state index contributed by atoms with van der Waals surface area (Å²) in [5.41, 5.74) is 0. The molecule has 0 bridgehead atoms. The number of amides is 2. The van der Waals surface area contributed by atoms with Crippen molar-refractivity contribution in [3.05, 3.63) is 0 Å². The molecule has 108 valence electrons. The zero-order valence-corrected chi connectivity index (χ0v) is 12.7. The van der Waals surface area contributed by atoms with E-state index in [1.54, 1.807) is 4.90 Å². The van der Waals surface area contributed by atoms with Crippen LogP contribution in [0.1, 0.15) is 39.0 Å². The first-order chi connectivity index (χ1) is 9.15. The van der Waals surface area contributed by atoms with Crippen LogP contribution in [0.4, 0.5) is 0 Å². The Morgan fingerprint density at radius 2 is 2.16 bits per heavy atom. The summed E-state index contributed by atoms with van der Waals surface area (Å²) in [6.07, 6.45) is 7.24. The van der Waals surface area contributed by atoms with Gasteiger partial charge in [0.25, 0.3) is 0 Å². The molecule has 2 fully saturated rings. The molecule has 2 rings (SSSR count). The van der Waals surface area contributed by atoms with Gasteiger partial charge in [0.1, 0.15) is 0 Å². The van der Waals surface area contributed by atoms with E-state index in [0.717, 1.165) is 6.42 Å². The number of thioether (sulfide) groups is 1. The van der Waals surface area contributed by atoms with Gasteiger partial charge in [-0.15, -0.1) is 0 Å². The minimum Gasteiger partial charge on any atom is -0.352 e. The Morgan fingerprint density at radius 3 is 2.79 bits per heavy atom. The highest BCUT2D eigenvalue weighted by atomic mass is 32.2. The van der Waals surface area contributed by atoms with Gasteiger partial charge < -0.3 is 10.2 Å². The van der Waals surface area contributed by atoms with Crippen molar-refractivity contribution in [1.29, 1.82) is 0 Å². The summed E-state index contributed by atoms with van der Waals surface area (Å²) in [5.74, 6) is 0.0554. The highest BCUT2D eigenvalue weighted by Crippen LogP contribution is 2.28. The van der Waals surface area contributed by atoms with Crippen molar-refractivity contribution < 1.29 is 9.59 Å². The van der Waals surface area contributed by atoms with E-state index < -0.39 is 0 Å². The van der Waals surface area contributed by atoms with E-state index in [1.807, 2.05) is 18.7 Å². The number of carbonyl (C=O) groups is 2. The molecule has 0 radical (unpaired) electrons. The van der Waals surface area contributed by atoms with Crippen molar-refractivity contribution in [1.82, 2.24) is 10.2 Å². The van der Waals surface area contributed by atoms with Crippen LogP contribution in [0, 0.1) is 5.92 Å². The Morgan fingerprint density at radius 1 is 1.42 bits per heavy atom. The lowest BCUT2D eigenvalue weighted by molar-refractivity contribution is -0.129. The highest BCUT2D eigenvalue weighted by Gasteiger charge is 2.35. The molecule has 2 aliphatic rings. The number of rotatable bonds is 4. The smallest absolute Gasteiger partial charge is 0.225 e. The second-order valence-corrected chi connectivity index (χ2v) is 6.58. The third-order valence-corrected chi connectivity index (χ3v) is 5.47. The number of nitrogens with zero attached hydrogens (tertiary/aromatic N) is 1. The van der Waals surface area contributed by atoms with E-state index in [9.17, 15) is 9.59 Å². The quantitative estimate of drug-likeness (QED) is 0.854. The number of hydrogen-bond acceptors (Lipinski definition) is 3. The summed E-state index contributed by atoms with van der Waals surface area (Å²) >= 11 is 1.85. The molecule has 1 aliphatic carbocycles. The van der Waals surface area contributed by atoms with E-state index in [0.29, 0.717) is 30.8 Å². The van der Waals surface area contributed by atoms with Crippen molar-refractivity contribution in [2.75, 3.05) is 19.3 Å². The van der Waals surface area contributed by atoms with Gasteiger partial charge in [0, 0.05) is 30.8 Å². The van der Waals surface area contributed by atoms with E-state index >= 15 is 0 Å². The second kappa shape index (κ2) is 6.64. The third-order valence-electron chi connectivity index (χ3n) is 4.30. The van der Waals surface area contributed by atoms with Gasteiger partial charge in [-0.3, -0.25) is 9.59 Å². The molecule has 2 amide bonds. The largest absolute Gasteiger partial charge is 0.352 e. The molecular weight excluding hydrogens is 260 g/mol.